The first kappa shape index (κ1) is 14.3. The average molecular weight is 283 g/mol. The van der Waals surface area contributed by atoms with Crippen molar-refractivity contribution in [3.8, 4) is 0 Å². The molecule has 1 aromatic rings. The summed E-state index contributed by atoms with van der Waals surface area (Å²) in [5, 5.41) is 3.34. The molecule has 5 heteroatoms. The SMILES string of the molecule is CCc1cc(C(=O)NCC2CCOCC2)cc(Cl)n1. The van der Waals surface area contributed by atoms with Gasteiger partial charge in [0.1, 0.15) is 5.15 Å². The molecule has 1 saturated heterocycles. The number of nitrogens with one attached hydrogen (secondary N) is 1. The van der Waals surface area contributed by atoms with Gasteiger partial charge in [-0.15, -0.1) is 0 Å². The Hall–Kier alpha value is -1.13. The van der Waals surface area contributed by atoms with E-state index in [2.05, 4.69) is 10.3 Å². The first-order valence-corrected chi connectivity index (χ1v) is 7.09. The Morgan fingerprint density at radius 3 is 2.89 bits per heavy atom. The molecule has 0 aliphatic carbocycles. The highest BCUT2D eigenvalue weighted by Gasteiger charge is 2.15. The van der Waals surface area contributed by atoms with E-state index >= 15 is 0 Å². The van der Waals surface area contributed by atoms with Crippen LogP contribution in [0.2, 0.25) is 5.15 Å². The maximum atomic E-state index is 12.1. The van der Waals surface area contributed by atoms with E-state index in [9.17, 15) is 4.79 Å². The van der Waals surface area contributed by atoms with Gasteiger partial charge in [-0.05, 0) is 37.3 Å². The van der Waals surface area contributed by atoms with Crippen molar-refractivity contribution in [2.75, 3.05) is 19.8 Å². The van der Waals surface area contributed by atoms with E-state index in [4.69, 9.17) is 16.3 Å². The lowest BCUT2D eigenvalue weighted by atomic mass is 10.0. The largest absolute Gasteiger partial charge is 0.381 e. The van der Waals surface area contributed by atoms with Gasteiger partial charge in [-0.3, -0.25) is 4.79 Å². The summed E-state index contributed by atoms with van der Waals surface area (Å²) in [6.07, 6.45) is 2.79. The molecule has 0 radical (unpaired) electrons. The zero-order chi connectivity index (χ0) is 13.7. The van der Waals surface area contributed by atoms with Crippen LogP contribution < -0.4 is 5.32 Å². The van der Waals surface area contributed by atoms with E-state index in [-0.39, 0.29) is 5.91 Å². The van der Waals surface area contributed by atoms with Crippen LogP contribution in [0.4, 0.5) is 0 Å². The summed E-state index contributed by atoms with van der Waals surface area (Å²) in [7, 11) is 0. The molecule has 0 saturated carbocycles. The molecule has 0 spiro atoms. The molecule has 2 rings (SSSR count). The Morgan fingerprint density at radius 2 is 2.21 bits per heavy atom. The first-order chi connectivity index (χ1) is 9.19. The van der Waals surface area contributed by atoms with E-state index in [0.717, 1.165) is 38.2 Å². The standard InChI is InChI=1S/C14H19ClN2O2/c1-2-12-7-11(8-13(15)17-12)14(18)16-9-10-3-5-19-6-4-10/h7-8,10H,2-6,9H2,1H3,(H,16,18). The quantitative estimate of drug-likeness (QED) is 0.863. The van der Waals surface area contributed by atoms with Crippen LogP contribution in [0.15, 0.2) is 12.1 Å². The van der Waals surface area contributed by atoms with Crippen LogP contribution >= 0.6 is 11.6 Å². The Morgan fingerprint density at radius 1 is 1.47 bits per heavy atom. The highest BCUT2D eigenvalue weighted by atomic mass is 35.5. The molecule has 1 aliphatic heterocycles. The van der Waals surface area contributed by atoms with Crippen LogP contribution in [0, 0.1) is 5.92 Å². The van der Waals surface area contributed by atoms with Crippen molar-refractivity contribution in [1.29, 1.82) is 0 Å². The molecule has 0 bridgehead atoms. The topological polar surface area (TPSA) is 51.2 Å². The number of halogens is 1. The maximum absolute atomic E-state index is 12.1. The number of hydrogen-bond donors (Lipinski definition) is 1. The number of hydrogen-bond acceptors (Lipinski definition) is 3. The monoisotopic (exact) mass is 282 g/mol. The highest BCUT2D eigenvalue weighted by molar-refractivity contribution is 6.29. The molecule has 2 heterocycles. The lowest BCUT2D eigenvalue weighted by Crippen LogP contribution is -2.32. The van der Waals surface area contributed by atoms with Gasteiger partial charge in [-0.25, -0.2) is 4.98 Å². The number of carbonyl (C=O) groups is 1. The Labute approximate surface area is 118 Å². The second-order valence-electron chi connectivity index (χ2n) is 4.79. The summed E-state index contributed by atoms with van der Waals surface area (Å²) >= 11 is 5.91. The zero-order valence-electron chi connectivity index (χ0n) is 11.1. The lowest BCUT2D eigenvalue weighted by Gasteiger charge is -2.22. The fourth-order valence-electron chi connectivity index (χ4n) is 2.15. The molecular formula is C14H19ClN2O2. The van der Waals surface area contributed by atoms with Gasteiger partial charge < -0.3 is 10.1 Å². The third-order valence-corrected chi connectivity index (χ3v) is 3.56. The van der Waals surface area contributed by atoms with Crippen LogP contribution in [0.1, 0.15) is 35.8 Å². The number of aryl methyl sites for hydroxylation is 1. The summed E-state index contributed by atoms with van der Waals surface area (Å²) < 4.78 is 5.30. The van der Waals surface area contributed by atoms with Gasteiger partial charge >= 0.3 is 0 Å². The molecule has 1 aliphatic rings. The number of ether oxygens (including phenoxy) is 1. The van der Waals surface area contributed by atoms with Gasteiger partial charge in [0.25, 0.3) is 5.91 Å². The molecule has 0 unspecified atom stereocenters. The van der Waals surface area contributed by atoms with Crippen LogP contribution in [0.3, 0.4) is 0 Å². The van der Waals surface area contributed by atoms with Crippen LogP contribution in [0.5, 0.6) is 0 Å². The summed E-state index contributed by atoms with van der Waals surface area (Å²) in [6.45, 7) is 4.27. The van der Waals surface area contributed by atoms with Gasteiger partial charge in [0.05, 0.1) is 0 Å². The molecule has 1 N–H and O–H groups in total. The predicted molar refractivity (Wildman–Crippen MR) is 74.5 cm³/mol. The van der Waals surface area contributed by atoms with Crippen molar-refractivity contribution in [2.24, 2.45) is 5.92 Å². The smallest absolute Gasteiger partial charge is 0.251 e. The van der Waals surface area contributed by atoms with Crippen molar-refractivity contribution >= 4 is 17.5 Å². The molecule has 1 fully saturated rings. The number of rotatable bonds is 4. The van der Waals surface area contributed by atoms with Gasteiger partial charge in [-0.2, -0.15) is 0 Å². The minimum Gasteiger partial charge on any atom is -0.381 e. The van der Waals surface area contributed by atoms with Crippen molar-refractivity contribution in [1.82, 2.24) is 10.3 Å². The average Bonchev–Trinajstić information content (AvgIpc) is 2.45. The van der Waals surface area contributed by atoms with Crippen molar-refractivity contribution in [3.63, 3.8) is 0 Å². The van der Waals surface area contributed by atoms with Gasteiger partial charge in [0.15, 0.2) is 0 Å². The fourth-order valence-corrected chi connectivity index (χ4v) is 2.38. The van der Waals surface area contributed by atoms with E-state index in [1.54, 1.807) is 12.1 Å². The molecule has 19 heavy (non-hydrogen) atoms. The summed E-state index contributed by atoms with van der Waals surface area (Å²) in [4.78, 5) is 16.2. The number of pyridine rings is 1. The van der Waals surface area contributed by atoms with Crippen LogP contribution in [-0.2, 0) is 11.2 Å². The van der Waals surface area contributed by atoms with Crippen molar-refractivity contribution in [3.05, 3.63) is 28.5 Å². The molecule has 0 atom stereocenters. The Bertz CT molecular complexity index is 445. The number of nitrogens with zero attached hydrogens (tertiary/aromatic N) is 1. The first-order valence-electron chi connectivity index (χ1n) is 6.71. The molecule has 0 aromatic carbocycles. The molecule has 4 nitrogen and oxygen atoms in total. The summed E-state index contributed by atoms with van der Waals surface area (Å²) in [6, 6.07) is 3.41. The van der Waals surface area contributed by atoms with Crippen LogP contribution in [-0.4, -0.2) is 30.6 Å². The summed E-state index contributed by atoms with van der Waals surface area (Å²) in [5.41, 5.74) is 1.42. The number of carbonyl (C=O) groups excluding carboxylic acids is 1. The zero-order valence-corrected chi connectivity index (χ0v) is 11.9. The molecule has 1 aromatic heterocycles. The van der Waals surface area contributed by atoms with E-state index in [0.29, 0.717) is 23.2 Å². The Kier molecular flexibility index (Phi) is 5.16. The van der Waals surface area contributed by atoms with E-state index in [1.165, 1.54) is 0 Å². The minimum absolute atomic E-state index is 0.0782. The molecular weight excluding hydrogens is 264 g/mol. The second kappa shape index (κ2) is 6.87. The maximum Gasteiger partial charge on any atom is 0.251 e. The summed E-state index contributed by atoms with van der Waals surface area (Å²) in [5.74, 6) is 0.436. The molecule has 104 valence electrons. The third kappa shape index (κ3) is 4.18. The van der Waals surface area contributed by atoms with Crippen molar-refractivity contribution in [2.45, 2.75) is 26.2 Å². The van der Waals surface area contributed by atoms with Crippen molar-refractivity contribution < 1.29 is 9.53 Å². The normalized spacial score (nSPS) is 16.3. The van der Waals surface area contributed by atoms with Gasteiger partial charge in [-0.1, -0.05) is 18.5 Å². The lowest BCUT2D eigenvalue weighted by molar-refractivity contribution is 0.0642. The fraction of sp³-hybridized carbons (Fsp3) is 0.571. The predicted octanol–water partition coefficient (Wildman–Crippen LogP) is 2.45. The highest BCUT2D eigenvalue weighted by Crippen LogP contribution is 2.14. The third-order valence-electron chi connectivity index (χ3n) is 3.36. The van der Waals surface area contributed by atoms with Crippen LogP contribution in [0.25, 0.3) is 0 Å². The van der Waals surface area contributed by atoms with Gasteiger partial charge in [0.2, 0.25) is 0 Å². The van der Waals surface area contributed by atoms with E-state index < -0.39 is 0 Å². The Balaban J connectivity index is 1.93. The van der Waals surface area contributed by atoms with E-state index in [1.807, 2.05) is 6.92 Å². The number of amides is 1. The number of aromatic nitrogens is 1. The molecule has 1 amide bonds. The minimum atomic E-state index is -0.0782. The second-order valence-corrected chi connectivity index (χ2v) is 5.18. The van der Waals surface area contributed by atoms with Gasteiger partial charge in [0, 0.05) is 31.0 Å².